The van der Waals surface area contributed by atoms with E-state index in [0.717, 1.165) is 0 Å². The summed E-state index contributed by atoms with van der Waals surface area (Å²) in [7, 11) is 4.40. The van der Waals surface area contributed by atoms with Crippen LogP contribution in [0.1, 0.15) is 18.5 Å². The molecular formula is C17H21NO6. The van der Waals surface area contributed by atoms with Crippen molar-refractivity contribution in [2.75, 3.05) is 27.9 Å². The van der Waals surface area contributed by atoms with Gasteiger partial charge in [-0.05, 0) is 13.0 Å². The van der Waals surface area contributed by atoms with Gasteiger partial charge >= 0.3 is 0 Å². The van der Waals surface area contributed by atoms with Crippen LogP contribution in [0.2, 0.25) is 0 Å². The van der Waals surface area contributed by atoms with E-state index in [1.54, 1.807) is 24.3 Å². The molecule has 130 valence electrons. The minimum absolute atomic E-state index is 0.0375. The van der Waals surface area contributed by atoms with E-state index < -0.39 is 24.0 Å². The molecule has 1 heterocycles. The zero-order valence-electron chi connectivity index (χ0n) is 14.1. The molecule has 0 radical (unpaired) electrons. The van der Waals surface area contributed by atoms with Gasteiger partial charge in [0.15, 0.2) is 17.8 Å². The molecule has 1 amide bonds. The predicted octanol–water partition coefficient (Wildman–Crippen LogP) is 1.60. The Morgan fingerprint density at radius 2 is 1.88 bits per heavy atom. The van der Waals surface area contributed by atoms with E-state index in [2.05, 4.69) is 0 Å². The Balaban J connectivity index is 2.54. The average Bonchev–Trinajstić information content (AvgIpc) is 2.83. The number of rotatable bonds is 7. The fraction of sp³-hybridized carbons (Fsp3) is 0.412. The zero-order chi connectivity index (χ0) is 17.9. The van der Waals surface area contributed by atoms with Gasteiger partial charge in [0.2, 0.25) is 0 Å². The molecule has 0 bridgehead atoms. The maximum absolute atomic E-state index is 12.5. The Bertz CT molecular complexity index is 665. The SMILES string of the molecule is COc1ccccc1[C@H]1C(C(C)=O)=C(O)C(=O)N1CC(OC)OC. The van der Waals surface area contributed by atoms with Crippen LogP contribution in [-0.2, 0) is 19.1 Å². The molecule has 1 aromatic carbocycles. The average molecular weight is 335 g/mol. The molecule has 0 aliphatic carbocycles. The summed E-state index contributed by atoms with van der Waals surface area (Å²) in [5.41, 5.74) is 0.643. The highest BCUT2D eigenvalue weighted by molar-refractivity contribution is 6.08. The van der Waals surface area contributed by atoms with Crippen molar-refractivity contribution in [2.24, 2.45) is 0 Å². The van der Waals surface area contributed by atoms with Crippen molar-refractivity contribution in [3.63, 3.8) is 0 Å². The van der Waals surface area contributed by atoms with Gasteiger partial charge in [-0.1, -0.05) is 18.2 Å². The summed E-state index contributed by atoms with van der Waals surface area (Å²) in [4.78, 5) is 25.9. The summed E-state index contributed by atoms with van der Waals surface area (Å²) in [6.45, 7) is 1.37. The quantitative estimate of drug-likeness (QED) is 0.762. The molecule has 1 aliphatic rings. The molecule has 0 spiro atoms. The van der Waals surface area contributed by atoms with E-state index in [1.807, 2.05) is 0 Å². The highest BCUT2D eigenvalue weighted by atomic mass is 16.7. The van der Waals surface area contributed by atoms with Crippen LogP contribution in [0.15, 0.2) is 35.6 Å². The number of nitrogens with zero attached hydrogens (tertiary/aromatic N) is 1. The van der Waals surface area contributed by atoms with Crippen LogP contribution in [0.4, 0.5) is 0 Å². The number of hydrogen-bond donors (Lipinski definition) is 1. The molecule has 0 fully saturated rings. The number of para-hydroxylation sites is 1. The topological polar surface area (TPSA) is 85.3 Å². The fourth-order valence-electron chi connectivity index (χ4n) is 2.82. The second-order valence-electron chi connectivity index (χ2n) is 5.32. The number of hydrogen-bond acceptors (Lipinski definition) is 6. The molecule has 1 N–H and O–H groups in total. The lowest BCUT2D eigenvalue weighted by Crippen LogP contribution is -2.39. The normalized spacial score (nSPS) is 17.8. The number of methoxy groups -OCH3 is 3. The van der Waals surface area contributed by atoms with Gasteiger partial charge in [-0.3, -0.25) is 9.59 Å². The summed E-state index contributed by atoms with van der Waals surface area (Å²) in [6.07, 6.45) is -0.690. The van der Waals surface area contributed by atoms with Crippen LogP contribution in [-0.4, -0.2) is 55.9 Å². The predicted molar refractivity (Wildman–Crippen MR) is 85.6 cm³/mol. The lowest BCUT2D eigenvalue weighted by molar-refractivity contribution is -0.144. The monoisotopic (exact) mass is 335 g/mol. The molecule has 0 aromatic heterocycles. The maximum atomic E-state index is 12.5. The van der Waals surface area contributed by atoms with Gasteiger partial charge < -0.3 is 24.2 Å². The second kappa shape index (κ2) is 7.46. The minimum atomic E-state index is -0.765. The number of Topliss-reactive ketones (excluding diaryl/α,β-unsaturated/α-hetero) is 1. The third kappa shape index (κ3) is 3.13. The highest BCUT2D eigenvalue weighted by Gasteiger charge is 2.44. The summed E-state index contributed by atoms with van der Waals surface area (Å²) >= 11 is 0. The van der Waals surface area contributed by atoms with Gasteiger partial charge in [-0.25, -0.2) is 0 Å². The van der Waals surface area contributed by atoms with Crippen LogP contribution in [0.25, 0.3) is 0 Å². The van der Waals surface area contributed by atoms with Crippen molar-refractivity contribution in [1.29, 1.82) is 0 Å². The summed E-state index contributed by atoms with van der Waals surface area (Å²) in [5.74, 6) is -1.06. The first kappa shape index (κ1) is 18.0. The van der Waals surface area contributed by atoms with Crippen molar-refractivity contribution < 1.29 is 28.9 Å². The Morgan fingerprint density at radius 3 is 2.42 bits per heavy atom. The third-order valence-corrected chi connectivity index (χ3v) is 3.99. The molecule has 1 aromatic rings. The Labute approximate surface area is 140 Å². The van der Waals surface area contributed by atoms with Crippen LogP contribution in [0, 0.1) is 0 Å². The number of aliphatic hydroxyl groups is 1. The zero-order valence-corrected chi connectivity index (χ0v) is 14.1. The Morgan fingerprint density at radius 1 is 1.25 bits per heavy atom. The first-order chi connectivity index (χ1) is 11.5. The first-order valence-electron chi connectivity index (χ1n) is 7.39. The van der Waals surface area contributed by atoms with Gasteiger partial charge in [0.1, 0.15) is 5.75 Å². The smallest absolute Gasteiger partial charge is 0.290 e. The standard InChI is InChI=1S/C17H21NO6/c1-10(19)14-15(11-7-5-6-8-12(11)22-2)18(17(21)16(14)20)9-13(23-3)24-4/h5-8,13,15,20H,9H2,1-4H3/t15-/m0/s1. The number of carbonyl (C=O) groups excluding carboxylic acids is 2. The molecular weight excluding hydrogens is 314 g/mol. The lowest BCUT2D eigenvalue weighted by atomic mass is 9.96. The second-order valence-corrected chi connectivity index (χ2v) is 5.32. The van der Waals surface area contributed by atoms with Crippen molar-refractivity contribution in [3.8, 4) is 5.75 Å². The van der Waals surface area contributed by atoms with Gasteiger partial charge in [-0.15, -0.1) is 0 Å². The van der Waals surface area contributed by atoms with Gasteiger partial charge in [-0.2, -0.15) is 0 Å². The third-order valence-electron chi connectivity index (χ3n) is 3.99. The molecule has 0 unspecified atom stereocenters. The summed E-state index contributed by atoms with van der Waals surface area (Å²) in [5, 5.41) is 10.2. The van der Waals surface area contributed by atoms with E-state index in [4.69, 9.17) is 14.2 Å². The summed E-state index contributed by atoms with van der Waals surface area (Å²) < 4.78 is 15.6. The van der Waals surface area contributed by atoms with Crippen molar-refractivity contribution >= 4 is 11.7 Å². The van der Waals surface area contributed by atoms with Crippen LogP contribution >= 0.6 is 0 Å². The van der Waals surface area contributed by atoms with Gasteiger partial charge in [0.25, 0.3) is 5.91 Å². The molecule has 7 nitrogen and oxygen atoms in total. The molecule has 1 aliphatic heterocycles. The molecule has 2 rings (SSSR count). The maximum Gasteiger partial charge on any atom is 0.290 e. The van der Waals surface area contributed by atoms with Crippen molar-refractivity contribution in [2.45, 2.75) is 19.3 Å². The molecule has 0 saturated carbocycles. The number of aliphatic hydroxyl groups excluding tert-OH is 1. The van der Waals surface area contributed by atoms with Crippen molar-refractivity contribution in [1.82, 2.24) is 4.90 Å². The van der Waals surface area contributed by atoms with E-state index in [1.165, 1.54) is 33.2 Å². The molecule has 24 heavy (non-hydrogen) atoms. The molecule has 7 heteroatoms. The molecule has 0 saturated heterocycles. The number of ketones is 1. The Hall–Kier alpha value is -2.38. The number of ether oxygens (including phenoxy) is 3. The van der Waals surface area contributed by atoms with E-state index >= 15 is 0 Å². The van der Waals surface area contributed by atoms with Crippen molar-refractivity contribution in [3.05, 3.63) is 41.2 Å². The largest absolute Gasteiger partial charge is 0.503 e. The van der Waals surface area contributed by atoms with Gasteiger partial charge in [0.05, 0.1) is 25.3 Å². The van der Waals surface area contributed by atoms with E-state index in [0.29, 0.717) is 11.3 Å². The minimum Gasteiger partial charge on any atom is -0.503 e. The lowest BCUT2D eigenvalue weighted by Gasteiger charge is -2.29. The van der Waals surface area contributed by atoms with Crippen LogP contribution < -0.4 is 4.74 Å². The number of benzene rings is 1. The van der Waals surface area contributed by atoms with Crippen LogP contribution in [0.5, 0.6) is 5.75 Å². The van der Waals surface area contributed by atoms with E-state index in [9.17, 15) is 14.7 Å². The Kier molecular flexibility index (Phi) is 5.58. The molecule has 1 atom stereocenters. The highest BCUT2D eigenvalue weighted by Crippen LogP contribution is 2.41. The fourth-order valence-corrected chi connectivity index (χ4v) is 2.82. The number of carbonyl (C=O) groups is 2. The summed E-state index contributed by atoms with van der Waals surface area (Å²) in [6, 6.07) is 6.28. The van der Waals surface area contributed by atoms with E-state index in [-0.39, 0.29) is 17.9 Å². The van der Waals surface area contributed by atoms with Gasteiger partial charge in [0, 0.05) is 19.8 Å². The first-order valence-corrected chi connectivity index (χ1v) is 7.39. The van der Waals surface area contributed by atoms with Crippen LogP contribution in [0.3, 0.4) is 0 Å². The number of amides is 1.